The van der Waals surface area contributed by atoms with Gasteiger partial charge in [0.25, 0.3) is 5.91 Å². The molecular formula is C16H23N3O3S. The summed E-state index contributed by atoms with van der Waals surface area (Å²) in [6.45, 7) is 7.09. The molecule has 0 atom stereocenters. The fourth-order valence-corrected chi connectivity index (χ4v) is 3.50. The number of hydrogen-bond acceptors (Lipinski definition) is 4. The van der Waals surface area contributed by atoms with Crippen molar-refractivity contribution in [2.45, 2.75) is 17.7 Å². The number of carbonyl (C=O) groups is 1. The van der Waals surface area contributed by atoms with Crippen molar-refractivity contribution in [3.63, 3.8) is 0 Å². The zero-order valence-corrected chi connectivity index (χ0v) is 13.9. The van der Waals surface area contributed by atoms with E-state index in [1.165, 1.54) is 37.1 Å². The second-order valence-electron chi connectivity index (χ2n) is 5.47. The summed E-state index contributed by atoms with van der Waals surface area (Å²) in [6, 6.07) is 5.91. The Hall–Kier alpha value is -1.70. The van der Waals surface area contributed by atoms with Crippen LogP contribution in [0.1, 0.15) is 23.2 Å². The maximum atomic E-state index is 12.2. The first kappa shape index (κ1) is 17.7. The van der Waals surface area contributed by atoms with Crippen molar-refractivity contribution < 1.29 is 13.2 Å². The summed E-state index contributed by atoms with van der Waals surface area (Å²) in [5.74, 6) is -0.254. The predicted octanol–water partition coefficient (Wildman–Crippen LogP) is 0.976. The van der Waals surface area contributed by atoms with Gasteiger partial charge in [-0.05, 0) is 50.2 Å². The SMILES string of the molecule is C=CCNC(=O)c1ccc(S(=O)(=O)NCCN2CCCC2)cc1. The van der Waals surface area contributed by atoms with Crippen molar-refractivity contribution >= 4 is 15.9 Å². The van der Waals surface area contributed by atoms with E-state index in [0.717, 1.165) is 19.6 Å². The van der Waals surface area contributed by atoms with E-state index in [1.54, 1.807) is 6.08 Å². The van der Waals surface area contributed by atoms with Crippen molar-refractivity contribution in [1.82, 2.24) is 14.9 Å². The van der Waals surface area contributed by atoms with Crippen LogP contribution in [-0.2, 0) is 10.0 Å². The van der Waals surface area contributed by atoms with Crippen molar-refractivity contribution in [1.29, 1.82) is 0 Å². The molecule has 1 saturated heterocycles. The largest absolute Gasteiger partial charge is 0.349 e. The molecule has 1 amide bonds. The summed E-state index contributed by atoms with van der Waals surface area (Å²) in [5, 5.41) is 2.64. The van der Waals surface area contributed by atoms with E-state index < -0.39 is 10.0 Å². The summed E-state index contributed by atoms with van der Waals surface area (Å²) in [6.07, 6.45) is 3.95. The van der Waals surface area contributed by atoms with Crippen LogP contribution in [0.5, 0.6) is 0 Å². The van der Waals surface area contributed by atoms with E-state index in [2.05, 4.69) is 21.5 Å². The second kappa shape index (κ2) is 8.24. The summed E-state index contributed by atoms with van der Waals surface area (Å²) >= 11 is 0. The van der Waals surface area contributed by atoms with Gasteiger partial charge in [0.05, 0.1) is 4.90 Å². The number of sulfonamides is 1. The fraction of sp³-hybridized carbons (Fsp3) is 0.438. The van der Waals surface area contributed by atoms with Crippen LogP contribution in [0.25, 0.3) is 0 Å². The summed E-state index contributed by atoms with van der Waals surface area (Å²) in [5.41, 5.74) is 0.419. The Morgan fingerprint density at radius 1 is 1.22 bits per heavy atom. The lowest BCUT2D eigenvalue weighted by Crippen LogP contribution is -2.33. The first-order chi connectivity index (χ1) is 11.0. The Bertz CT molecular complexity index is 635. The Morgan fingerprint density at radius 3 is 2.48 bits per heavy atom. The van der Waals surface area contributed by atoms with Crippen LogP contribution in [0.3, 0.4) is 0 Å². The first-order valence-corrected chi connectivity index (χ1v) is 9.22. The molecule has 1 aliphatic rings. The Balaban J connectivity index is 1.91. The molecule has 1 aromatic carbocycles. The standard InChI is InChI=1S/C16H23N3O3S/c1-2-9-17-16(20)14-5-7-15(8-6-14)23(21,22)18-10-13-19-11-3-4-12-19/h2,5-8,18H,1,3-4,9-13H2,(H,17,20). The van der Waals surface area contributed by atoms with Crippen molar-refractivity contribution in [3.05, 3.63) is 42.5 Å². The number of amides is 1. The third kappa shape index (κ3) is 5.16. The quantitative estimate of drug-likeness (QED) is 0.693. The van der Waals surface area contributed by atoms with Gasteiger partial charge in [0.15, 0.2) is 0 Å². The zero-order valence-electron chi connectivity index (χ0n) is 13.1. The highest BCUT2D eigenvalue weighted by Crippen LogP contribution is 2.11. The minimum atomic E-state index is -3.54. The molecule has 2 N–H and O–H groups in total. The second-order valence-corrected chi connectivity index (χ2v) is 7.24. The molecule has 1 aliphatic heterocycles. The molecule has 7 heteroatoms. The molecule has 0 saturated carbocycles. The average Bonchev–Trinajstić information content (AvgIpc) is 3.06. The van der Waals surface area contributed by atoms with Crippen LogP contribution >= 0.6 is 0 Å². The number of nitrogens with zero attached hydrogens (tertiary/aromatic N) is 1. The zero-order chi connectivity index (χ0) is 16.7. The lowest BCUT2D eigenvalue weighted by atomic mass is 10.2. The molecular weight excluding hydrogens is 314 g/mol. The van der Waals surface area contributed by atoms with Crippen LogP contribution in [0.15, 0.2) is 41.8 Å². The van der Waals surface area contributed by atoms with Gasteiger partial charge in [-0.2, -0.15) is 0 Å². The van der Waals surface area contributed by atoms with E-state index in [1.807, 2.05) is 0 Å². The molecule has 0 unspecified atom stereocenters. The summed E-state index contributed by atoms with van der Waals surface area (Å²) in [4.78, 5) is 14.2. The number of hydrogen-bond donors (Lipinski definition) is 2. The molecule has 0 radical (unpaired) electrons. The number of likely N-dealkylation sites (tertiary alicyclic amines) is 1. The van der Waals surface area contributed by atoms with Crippen LogP contribution in [0.2, 0.25) is 0 Å². The lowest BCUT2D eigenvalue weighted by molar-refractivity contribution is 0.0958. The van der Waals surface area contributed by atoms with Gasteiger partial charge in [-0.1, -0.05) is 6.08 Å². The third-order valence-corrected chi connectivity index (χ3v) is 5.23. The van der Waals surface area contributed by atoms with Crippen LogP contribution < -0.4 is 10.0 Å². The van der Waals surface area contributed by atoms with Crippen molar-refractivity contribution in [3.8, 4) is 0 Å². The van der Waals surface area contributed by atoms with E-state index >= 15 is 0 Å². The topological polar surface area (TPSA) is 78.5 Å². The highest BCUT2D eigenvalue weighted by Gasteiger charge is 2.16. The predicted molar refractivity (Wildman–Crippen MR) is 89.8 cm³/mol. The molecule has 0 bridgehead atoms. The van der Waals surface area contributed by atoms with E-state index in [0.29, 0.717) is 18.7 Å². The van der Waals surface area contributed by atoms with Gasteiger partial charge in [-0.3, -0.25) is 4.79 Å². The summed E-state index contributed by atoms with van der Waals surface area (Å²) < 4.78 is 27.0. The first-order valence-electron chi connectivity index (χ1n) is 7.74. The Morgan fingerprint density at radius 2 is 1.87 bits per heavy atom. The maximum absolute atomic E-state index is 12.2. The van der Waals surface area contributed by atoms with Gasteiger partial charge >= 0.3 is 0 Å². The minimum Gasteiger partial charge on any atom is -0.349 e. The number of rotatable bonds is 8. The van der Waals surface area contributed by atoms with Gasteiger partial charge in [0.2, 0.25) is 10.0 Å². The van der Waals surface area contributed by atoms with Gasteiger partial charge in [0, 0.05) is 25.2 Å². The van der Waals surface area contributed by atoms with Crippen LogP contribution in [0.4, 0.5) is 0 Å². The molecule has 0 spiro atoms. The van der Waals surface area contributed by atoms with Crippen molar-refractivity contribution in [2.24, 2.45) is 0 Å². The molecule has 1 heterocycles. The molecule has 126 valence electrons. The number of carbonyl (C=O) groups excluding carboxylic acids is 1. The van der Waals surface area contributed by atoms with Crippen LogP contribution in [0, 0.1) is 0 Å². The van der Waals surface area contributed by atoms with E-state index in [9.17, 15) is 13.2 Å². The monoisotopic (exact) mass is 337 g/mol. The Kier molecular flexibility index (Phi) is 6.32. The molecule has 6 nitrogen and oxygen atoms in total. The van der Waals surface area contributed by atoms with Crippen molar-refractivity contribution in [2.75, 3.05) is 32.7 Å². The van der Waals surface area contributed by atoms with Crippen LogP contribution in [-0.4, -0.2) is 51.9 Å². The van der Waals surface area contributed by atoms with E-state index in [4.69, 9.17) is 0 Å². The molecule has 0 aliphatic carbocycles. The lowest BCUT2D eigenvalue weighted by Gasteiger charge is -2.15. The Labute approximate surface area is 137 Å². The number of benzene rings is 1. The normalized spacial score (nSPS) is 15.5. The average molecular weight is 337 g/mol. The van der Waals surface area contributed by atoms with Gasteiger partial charge in [-0.25, -0.2) is 13.1 Å². The van der Waals surface area contributed by atoms with Gasteiger partial charge < -0.3 is 10.2 Å². The molecule has 2 rings (SSSR count). The van der Waals surface area contributed by atoms with E-state index in [-0.39, 0.29) is 10.8 Å². The molecule has 1 fully saturated rings. The highest BCUT2D eigenvalue weighted by atomic mass is 32.2. The molecule has 1 aromatic rings. The van der Waals surface area contributed by atoms with Gasteiger partial charge in [0.1, 0.15) is 0 Å². The molecule has 23 heavy (non-hydrogen) atoms. The maximum Gasteiger partial charge on any atom is 0.251 e. The molecule has 0 aromatic heterocycles. The smallest absolute Gasteiger partial charge is 0.251 e. The highest BCUT2D eigenvalue weighted by molar-refractivity contribution is 7.89. The van der Waals surface area contributed by atoms with Gasteiger partial charge in [-0.15, -0.1) is 6.58 Å². The fourth-order valence-electron chi connectivity index (χ4n) is 2.48. The number of nitrogens with one attached hydrogen (secondary N) is 2. The minimum absolute atomic E-state index is 0.166. The summed E-state index contributed by atoms with van der Waals surface area (Å²) in [7, 11) is -3.54. The third-order valence-electron chi connectivity index (χ3n) is 3.75.